The van der Waals surface area contributed by atoms with Gasteiger partial charge in [0.25, 0.3) is 0 Å². The number of benzene rings is 2. The molecule has 2 aromatic carbocycles. The summed E-state index contributed by atoms with van der Waals surface area (Å²) in [6.45, 7) is 8.68. The van der Waals surface area contributed by atoms with Gasteiger partial charge in [0.05, 0.1) is 17.7 Å². The van der Waals surface area contributed by atoms with Gasteiger partial charge >= 0.3 is 6.09 Å². The molecule has 1 unspecified atom stereocenters. The van der Waals surface area contributed by atoms with Crippen molar-refractivity contribution in [3.63, 3.8) is 0 Å². The molecule has 4 rings (SSSR count). The van der Waals surface area contributed by atoms with Gasteiger partial charge < -0.3 is 20.1 Å². The van der Waals surface area contributed by atoms with E-state index in [9.17, 15) is 9.90 Å². The number of para-hydroxylation sites is 1. The number of carbonyl (C=O) groups excluding carboxylic acids is 1. The van der Waals surface area contributed by atoms with E-state index in [2.05, 4.69) is 22.3 Å². The molecule has 1 amide bonds. The van der Waals surface area contributed by atoms with Crippen LogP contribution in [0.3, 0.4) is 0 Å². The molecule has 0 spiro atoms. The summed E-state index contributed by atoms with van der Waals surface area (Å²) < 4.78 is 5.21. The summed E-state index contributed by atoms with van der Waals surface area (Å²) >= 11 is 0. The van der Waals surface area contributed by atoms with Crippen molar-refractivity contribution in [2.75, 3.05) is 31.1 Å². The van der Waals surface area contributed by atoms with E-state index in [-0.39, 0.29) is 11.8 Å². The lowest BCUT2D eigenvalue weighted by atomic mass is 10.1. The Kier molecular flexibility index (Phi) is 6.44. The number of nitrogens with zero attached hydrogens (tertiary/aromatic N) is 3. The zero-order valence-electron chi connectivity index (χ0n) is 18.8. The number of aromatic hydroxyl groups is 1. The number of carbonyl (C=O) groups is 1. The zero-order valence-corrected chi connectivity index (χ0v) is 18.8. The lowest BCUT2D eigenvalue weighted by Crippen LogP contribution is -2.32. The lowest BCUT2D eigenvalue weighted by molar-refractivity contribution is 0.132. The summed E-state index contributed by atoms with van der Waals surface area (Å²) in [5, 5.41) is 14.2. The van der Waals surface area contributed by atoms with E-state index in [0.717, 1.165) is 41.8 Å². The van der Waals surface area contributed by atoms with Gasteiger partial charge in [-0.2, -0.15) is 0 Å². The molecule has 1 fully saturated rings. The van der Waals surface area contributed by atoms with Crippen LogP contribution in [0.15, 0.2) is 42.5 Å². The van der Waals surface area contributed by atoms with E-state index in [1.807, 2.05) is 39.0 Å². The smallest absolute Gasteiger partial charge is 0.407 e. The first kappa shape index (κ1) is 21.9. The number of amides is 1. The Morgan fingerprint density at radius 2 is 2.06 bits per heavy atom. The van der Waals surface area contributed by atoms with E-state index in [4.69, 9.17) is 14.7 Å². The molecule has 1 saturated heterocycles. The molecule has 0 aliphatic carbocycles. The van der Waals surface area contributed by atoms with Gasteiger partial charge in [-0.3, -0.25) is 0 Å². The molecule has 32 heavy (non-hydrogen) atoms. The summed E-state index contributed by atoms with van der Waals surface area (Å²) in [6, 6.07) is 13.3. The fourth-order valence-corrected chi connectivity index (χ4v) is 3.96. The SMILES string of the molecule is Cc1ccc2c(N3CCC(CNC(=O)OCC(C)C)C3)nc(-c3ccccc3O)nc2c1. The number of fused-ring (bicyclic) bond motifs is 1. The number of anilines is 1. The highest BCUT2D eigenvalue weighted by atomic mass is 16.5. The first-order chi connectivity index (χ1) is 15.4. The second-order valence-corrected chi connectivity index (χ2v) is 8.88. The van der Waals surface area contributed by atoms with Gasteiger partial charge in [0.15, 0.2) is 5.82 Å². The van der Waals surface area contributed by atoms with Gasteiger partial charge in [-0.1, -0.05) is 32.0 Å². The zero-order chi connectivity index (χ0) is 22.7. The van der Waals surface area contributed by atoms with E-state index < -0.39 is 0 Å². The van der Waals surface area contributed by atoms with Crippen molar-refractivity contribution in [3.05, 3.63) is 48.0 Å². The molecule has 7 nitrogen and oxygen atoms in total. The van der Waals surface area contributed by atoms with Crippen LogP contribution in [-0.2, 0) is 4.74 Å². The molecule has 1 aromatic heterocycles. The maximum atomic E-state index is 11.9. The van der Waals surface area contributed by atoms with Crippen LogP contribution >= 0.6 is 0 Å². The molecule has 1 aliphatic heterocycles. The summed E-state index contributed by atoms with van der Waals surface area (Å²) in [5.74, 6) is 2.16. The molecule has 2 N–H and O–H groups in total. The summed E-state index contributed by atoms with van der Waals surface area (Å²) in [7, 11) is 0. The minimum Gasteiger partial charge on any atom is -0.507 e. The Hall–Kier alpha value is -3.35. The number of hydrogen-bond acceptors (Lipinski definition) is 6. The highest BCUT2D eigenvalue weighted by Crippen LogP contribution is 2.33. The fourth-order valence-electron chi connectivity index (χ4n) is 3.96. The average molecular weight is 435 g/mol. The van der Waals surface area contributed by atoms with E-state index in [0.29, 0.717) is 36.4 Å². The van der Waals surface area contributed by atoms with Crippen LogP contribution in [0.25, 0.3) is 22.3 Å². The van der Waals surface area contributed by atoms with Crippen LogP contribution in [0.1, 0.15) is 25.8 Å². The van der Waals surface area contributed by atoms with Crippen LogP contribution < -0.4 is 10.2 Å². The first-order valence-corrected chi connectivity index (χ1v) is 11.1. The minimum absolute atomic E-state index is 0.161. The Labute approximate surface area is 188 Å². The molecule has 168 valence electrons. The Balaban J connectivity index is 1.56. The second-order valence-electron chi connectivity index (χ2n) is 8.88. The third kappa shape index (κ3) is 4.93. The van der Waals surface area contributed by atoms with Crippen LogP contribution in [0.4, 0.5) is 10.6 Å². The van der Waals surface area contributed by atoms with E-state index >= 15 is 0 Å². The van der Waals surface area contributed by atoms with Gasteiger partial charge in [0.1, 0.15) is 11.6 Å². The quantitative estimate of drug-likeness (QED) is 0.593. The number of aryl methyl sites for hydroxylation is 1. The number of hydrogen-bond donors (Lipinski definition) is 2. The third-order valence-electron chi connectivity index (χ3n) is 5.65. The van der Waals surface area contributed by atoms with Crippen molar-refractivity contribution < 1.29 is 14.6 Å². The summed E-state index contributed by atoms with van der Waals surface area (Å²) in [6.07, 6.45) is 0.593. The number of rotatable bonds is 6. The first-order valence-electron chi connectivity index (χ1n) is 11.1. The summed E-state index contributed by atoms with van der Waals surface area (Å²) in [4.78, 5) is 23.8. The van der Waals surface area contributed by atoms with Crippen molar-refractivity contribution in [3.8, 4) is 17.1 Å². The van der Waals surface area contributed by atoms with Crippen LogP contribution in [-0.4, -0.2) is 47.4 Å². The largest absolute Gasteiger partial charge is 0.507 e. The fraction of sp³-hybridized carbons (Fsp3) is 0.400. The number of alkyl carbamates (subject to hydrolysis) is 1. The third-order valence-corrected chi connectivity index (χ3v) is 5.65. The summed E-state index contributed by atoms with van der Waals surface area (Å²) in [5.41, 5.74) is 2.59. The Morgan fingerprint density at radius 3 is 2.84 bits per heavy atom. The number of phenols is 1. The van der Waals surface area contributed by atoms with Gasteiger partial charge in [-0.25, -0.2) is 14.8 Å². The molecule has 3 aromatic rings. The molecule has 1 atom stereocenters. The molecule has 1 aliphatic rings. The maximum absolute atomic E-state index is 11.9. The highest BCUT2D eigenvalue weighted by Gasteiger charge is 2.26. The lowest BCUT2D eigenvalue weighted by Gasteiger charge is -2.21. The van der Waals surface area contributed by atoms with Crippen LogP contribution in [0.2, 0.25) is 0 Å². The molecule has 2 heterocycles. The van der Waals surface area contributed by atoms with Crippen molar-refractivity contribution in [2.45, 2.75) is 27.2 Å². The normalized spacial score (nSPS) is 16.0. The van der Waals surface area contributed by atoms with Crippen LogP contribution in [0, 0.1) is 18.8 Å². The predicted octanol–water partition coefficient (Wildman–Crippen LogP) is 4.52. The van der Waals surface area contributed by atoms with Gasteiger partial charge in [-0.15, -0.1) is 0 Å². The molecule has 7 heteroatoms. The Bertz CT molecular complexity index is 1120. The molecular weight excluding hydrogens is 404 g/mol. The molecule has 0 radical (unpaired) electrons. The van der Waals surface area contributed by atoms with Gasteiger partial charge in [0, 0.05) is 25.0 Å². The standard InChI is InChI=1S/C25H30N4O3/c1-16(2)15-32-25(31)26-13-18-10-11-29(14-18)24-19-9-8-17(3)12-21(19)27-23(28-24)20-6-4-5-7-22(20)30/h4-9,12,16,18,30H,10-11,13-15H2,1-3H3,(H,26,31). The average Bonchev–Trinajstić information content (AvgIpc) is 3.24. The molecular formula is C25H30N4O3. The van der Waals surface area contributed by atoms with Crippen molar-refractivity contribution >= 4 is 22.8 Å². The van der Waals surface area contributed by atoms with Gasteiger partial charge in [-0.05, 0) is 55.0 Å². The number of aromatic nitrogens is 2. The Morgan fingerprint density at radius 1 is 1.25 bits per heavy atom. The molecule has 0 saturated carbocycles. The van der Waals surface area contributed by atoms with Gasteiger partial charge in [0.2, 0.25) is 0 Å². The molecule has 0 bridgehead atoms. The monoisotopic (exact) mass is 434 g/mol. The predicted molar refractivity (Wildman–Crippen MR) is 126 cm³/mol. The highest BCUT2D eigenvalue weighted by molar-refractivity contribution is 5.92. The van der Waals surface area contributed by atoms with Crippen molar-refractivity contribution in [1.29, 1.82) is 0 Å². The number of phenolic OH excluding ortho intramolecular Hbond substituents is 1. The van der Waals surface area contributed by atoms with E-state index in [1.165, 1.54) is 0 Å². The topological polar surface area (TPSA) is 87.6 Å². The number of ether oxygens (including phenoxy) is 1. The number of nitrogens with one attached hydrogen (secondary N) is 1. The maximum Gasteiger partial charge on any atom is 0.407 e. The van der Waals surface area contributed by atoms with Crippen LogP contribution in [0.5, 0.6) is 5.75 Å². The van der Waals surface area contributed by atoms with Crippen molar-refractivity contribution in [1.82, 2.24) is 15.3 Å². The van der Waals surface area contributed by atoms with E-state index in [1.54, 1.807) is 12.1 Å². The van der Waals surface area contributed by atoms with Crippen molar-refractivity contribution in [2.24, 2.45) is 11.8 Å². The second kappa shape index (κ2) is 9.42. The minimum atomic E-state index is -0.359.